The Hall–Kier alpha value is -4.19. The number of carbonyl (C=O) groups is 1. The van der Waals surface area contributed by atoms with Gasteiger partial charge >= 0.3 is 0 Å². The Morgan fingerprint density at radius 1 is 1.00 bits per heavy atom. The number of benzene rings is 3. The van der Waals surface area contributed by atoms with E-state index in [1.807, 2.05) is 60.7 Å². The maximum absolute atomic E-state index is 12.5. The molecule has 6 nitrogen and oxygen atoms in total. The molecule has 6 heteroatoms. The van der Waals surface area contributed by atoms with Crippen molar-refractivity contribution < 1.29 is 9.53 Å². The lowest BCUT2D eigenvalue weighted by Gasteiger charge is -2.14. The average Bonchev–Trinajstić information content (AvgIpc) is 2.78. The standard InChI is InChI=1S/C25H21N3O3/c1-28(17-23-26-22-13-6-5-12-21(22)25(30)27-23)24(29)15-14-18-8-7-11-20(16-18)31-19-9-3-2-4-10-19/h2-16H,17H2,1H3,(H,26,27,30)/b15-14+. The number of nitrogens with zero attached hydrogens (tertiary/aromatic N) is 2. The molecular weight excluding hydrogens is 390 g/mol. The van der Waals surface area contributed by atoms with Gasteiger partial charge in [-0.3, -0.25) is 9.59 Å². The Kier molecular flexibility index (Phi) is 5.89. The third kappa shape index (κ3) is 5.05. The molecule has 0 aliphatic heterocycles. The maximum atomic E-state index is 12.5. The zero-order chi connectivity index (χ0) is 21.6. The summed E-state index contributed by atoms with van der Waals surface area (Å²) < 4.78 is 5.83. The van der Waals surface area contributed by atoms with Crippen LogP contribution in [0.5, 0.6) is 11.5 Å². The number of likely N-dealkylation sites (N-methyl/N-ethyl adjacent to an activating group) is 1. The zero-order valence-electron chi connectivity index (χ0n) is 17.0. The predicted octanol–water partition coefficient (Wildman–Crippen LogP) is 4.39. The second-order valence-electron chi connectivity index (χ2n) is 7.05. The van der Waals surface area contributed by atoms with Crippen molar-refractivity contribution in [2.75, 3.05) is 7.05 Å². The van der Waals surface area contributed by atoms with Gasteiger partial charge in [0.25, 0.3) is 5.56 Å². The third-order valence-electron chi connectivity index (χ3n) is 4.68. The Morgan fingerprint density at radius 3 is 2.58 bits per heavy atom. The van der Waals surface area contributed by atoms with Gasteiger partial charge in [-0.2, -0.15) is 0 Å². The SMILES string of the molecule is CN(Cc1nc2ccccc2c(=O)[nH]1)C(=O)/C=C/c1cccc(Oc2ccccc2)c1. The normalized spacial score (nSPS) is 11.0. The number of H-pyrrole nitrogens is 1. The van der Waals surface area contributed by atoms with Gasteiger partial charge in [-0.05, 0) is 48.0 Å². The minimum Gasteiger partial charge on any atom is -0.457 e. The first-order chi connectivity index (χ1) is 15.1. The van der Waals surface area contributed by atoms with Gasteiger partial charge < -0.3 is 14.6 Å². The van der Waals surface area contributed by atoms with E-state index in [9.17, 15) is 9.59 Å². The second-order valence-corrected chi connectivity index (χ2v) is 7.05. The van der Waals surface area contributed by atoms with Crippen molar-refractivity contribution in [2.24, 2.45) is 0 Å². The van der Waals surface area contributed by atoms with Crippen LogP contribution < -0.4 is 10.3 Å². The Balaban J connectivity index is 1.43. The highest BCUT2D eigenvalue weighted by molar-refractivity contribution is 5.91. The molecule has 4 aromatic rings. The van der Waals surface area contributed by atoms with Crippen molar-refractivity contribution in [3.63, 3.8) is 0 Å². The van der Waals surface area contributed by atoms with Crippen LogP contribution in [0.3, 0.4) is 0 Å². The molecule has 1 amide bonds. The molecule has 0 saturated heterocycles. The molecule has 154 valence electrons. The number of hydrogen-bond donors (Lipinski definition) is 1. The molecule has 0 radical (unpaired) electrons. The third-order valence-corrected chi connectivity index (χ3v) is 4.68. The maximum Gasteiger partial charge on any atom is 0.258 e. The summed E-state index contributed by atoms with van der Waals surface area (Å²) in [5.41, 5.74) is 1.23. The van der Waals surface area contributed by atoms with Crippen molar-refractivity contribution in [3.05, 3.63) is 107 Å². The van der Waals surface area contributed by atoms with Gasteiger partial charge in [-0.15, -0.1) is 0 Å². The summed E-state index contributed by atoms with van der Waals surface area (Å²) in [6, 6.07) is 24.1. The molecule has 0 atom stereocenters. The lowest BCUT2D eigenvalue weighted by Crippen LogP contribution is -2.26. The van der Waals surface area contributed by atoms with Gasteiger partial charge in [0, 0.05) is 13.1 Å². The van der Waals surface area contributed by atoms with Crippen molar-refractivity contribution in [1.82, 2.24) is 14.9 Å². The number of fused-ring (bicyclic) bond motifs is 1. The molecule has 4 rings (SSSR count). The summed E-state index contributed by atoms with van der Waals surface area (Å²) in [7, 11) is 1.66. The van der Waals surface area contributed by atoms with Crippen LogP contribution in [0.4, 0.5) is 0 Å². The molecule has 0 saturated carbocycles. The summed E-state index contributed by atoms with van der Waals surface area (Å²) in [5, 5.41) is 0.526. The van der Waals surface area contributed by atoms with Crippen LogP contribution in [-0.4, -0.2) is 27.8 Å². The molecule has 1 heterocycles. The number of nitrogens with one attached hydrogen (secondary N) is 1. The first-order valence-corrected chi connectivity index (χ1v) is 9.82. The zero-order valence-corrected chi connectivity index (χ0v) is 17.0. The number of hydrogen-bond acceptors (Lipinski definition) is 4. The monoisotopic (exact) mass is 411 g/mol. The molecule has 0 aliphatic carbocycles. The van der Waals surface area contributed by atoms with E-state index in [1.165, 1.54) is 11.0 Å². The summed E-state index contributed by atoms with van der Waals surface area (Å²) in [6.45, 7) is 0.195. The molecule has 31 heavy (non-hydrogen) atoms. The molecular formula is C25H21N3O3. The summed E-state index contributed by atoms with van der Waals surface area (Å²) >= 11 is 0. The van der Waals surface area contributed by atoms with Gasteiger partial charge in [0.15, 0.2) is 0 Å². The summed E-state index contributed by atoms with van der Waals surface area (Å²) in [4.78, 5) is 33.4. The minimum atomic E-state index is -0.216. The fraction of sp³-hybridized carbons (Fsp3) is 0.0800. The van der Waals surface area contributed by atoms with Crippen molar-refractivity contribution in [3.8, 4) is 11.5 Å². The van der Waals surface area contributed by atoms with Crippen LogP contribution >= 0.6 is 0 Å². The fourth-order valence-electron chi connectivity index (χ4n) is 3.11. The van der Waals surface area contributed by atoms with E-state index in [0.29, 0.717) is 22.5 Å². The number of rotatable bonds is 6. The van der Waals surface area contributed by atoms with Gasteiger partial charge in [0.2, 0.25) is 5.91 Å². The first-order valence-electron chi connectivity index (χ1n) is 9.82. The Bertz CT molecular complexity index is 1300. The predicted molar refractivity (Wildman–Crippen MR) is 121 cm³/mol. The van der Waals surface area contributed by atoms with Crippen LogP contribution in [0.15, 0.2) is 89.7 Å². The molecule has 3 aromatic carbocycles. The van der Waals surface area contributed by atoms with E-state index in [-0.39, 0.29) is 18.0 Å². The Morgan fingerprint density at radius 2 is 1.74 bits per heavy atom. The summed E-state index contributed by atoms with van der Waals surface area (Å²) in [6.07, 6.45) is 3.22. The second kappa shape index (κ2) is 9.09. The van der Waals surface area contributed by atoms with E-state index >= 15 is 0 Å². The minimum absolute atomic E-state index is 0.195. The van der Waals surface area contributed by atoms with E-state index in [1.54, 1.807) is 31.3 Å². The highest BCUT2D eigenvalue weighted by atomic mass is 16.5. The number of amides is 1. The quantitative estimate of drug-likeness (QED) is 0.478. The average molecular weight is 411 g/mol. The number of aromatic amines is 1. The van der Waals surface area contributed by atoms with Gasteiger partial charge in [0.1, 0.15) is 17.3 Å². The smallest absolute Gasteiger partial charge is 0.258 e. The van der Waals surface area contributed by atoms with Crippen LogP contribution in [-0.2, 0) is 11.3 Å². The van der Waals surface area contributed by atoms with Crippen LogP contribution in [0.1, 0.15) is 11.4 Å². The van der Waals surface area contributed by atoms with Crippen LogP contribution in [0.2, 0.25) is 0 Å². The van der Waals surface area contributed by atoms with E-state index < -0.39 is 0 Å². The molecule has 0 aliphatic rings. The highest BCUT2D eigenvalue weighted by Crippen LogP contribution is 2.22. The largest absolute Gasteiger partial charge is 0.457 e. The number of ether oxygens (including phenoxy) is 1. The molecule has 0 fully saturated rings. The van der Waals surface area contributed by atoms with E-state index in [4.69, 9.17) is 4.74 Å². The van der Waals surface area contributed by atoms with Crippen molar-refractivity contribution >= 4 is 22.9 Å². The Labute approximate surface area is 179 Å². The van der Waals surface area contributed by atoms with Crippen LogP contribution in [0.25, 0.3) is 17.0 Å². The van der Waals surface area contributed by atoms with Gasteiger partial charge in [0.05, 0.1) is 17.4 Å². The number of para-hydroxylation sites is 2. The topological polar surface area (TPSA) is 75.3 Å². The molecule has 0 unspecified atom stereocenters. The fourth-order valence-corrected chi connectivity index (χ4v) is 3.11. The highest BCUT2D eigenvalue weighted by Gasteiger charge is 2.09. The molecule has 1 N–H and O–H groups in total. The molecule has 0 spiro atoms. The van der Waals surface area contributed by atoms with E-state index in [0.717, 1.165) is 11.3 Å². The number of carbonyl (C=O) groups excluding carboxylic acids is 1. The lowest BCUT2D eigenvalue weighted by molar-refractivity contribution is -0.125. The number of aromatic nitrogens is 2. The van der Waals surface area contributed by atoms with Crippen molar-refractivity contribution in [1.29, 1.82) is 0 Å². The van der Waals surface area contributed by atoms with Gasteiger partial charge in [-0.25, -0.2) is 4.98 Å². The van der Waals surface area contributed by atoms with Crippen LogP contribution in [0, 0.1) is 0 Å². The summed E-state index contributed by atoms with van der Waals surface area (Å²) in [5.74, 6) is 1.67. The lowest BCUT2D eigenvalue weighted by atomic mass is 10.2. The first kappa shape index (κ1) is 20.1. The van der Waals surface area contributed by atoms with Gasteiger partial charge in [-0.1, -0.05) is 42.5 Å². The molecule has 1 aromatic heterocycles. The molecule has 0 bridgehead atoms. The van der Waals surface area contributed by atoms with E-state index in [2.05, 4.69) is 9.97 Å². The van der Waals surface area contributed by atoms with Crippen molar-refractivity contribution in [2.45, 2.75) is 6.54 Å².